The zero-order valence-corrected chi connectivity index (χ0v) is 16.1. The average molecular weight is 396 g/mol. The molecule has 2 aliphatic heterocycles. The number of rotatable bonds is 4. The lowest BCUT2D eigenvalue weighted by molar-refractivity contribution is 0.0683. The standard InChI is InChI=1S/C21H24N4O4/c22-18-5-4-15(13-23-18)21(27)25-8-6-14(7-9-25)12-24-20(26)16-2-1-3-17-19(16)29-11-10-28-17/h1-5,13-14H,6-12H2,(H2,22,23)(H,24,26). The smallest absolute Gasteiger partial charge is 0.255 e. The molecule has 29 heavy (non-hydrogen) atoms. The van der Waals surface area contributed by atoms with E-state index in [9.17, 15) is 9.59 Å². The second-order valence-corrected chi connectivity index (χ2v) is 7.25. The van der Waals surface area contributed by atoms with E-state index < -0.39 is 0 Å². The average Bonchev–Trinajstić information content (AvgIpc) is 2.77. The number of nitrogens with two attached hydrogens (primary N) is 1. The van der Waals surface area contributed by atoms with Crippen molar-refractivity contribution in [3.63, 3.8) is 0 Å². The molecule has 0 spiro atoms. The van der Waals surface area contributed by atoms with Crippen LogP contribution in [0, 0.1) is 5.92 Å². The molecule has 2 amide bonds. The minimum Gasteiger partial charge on any atom is -0.486 e. The predicted molar refractivity (Wildman–Crippen MR) is 107 cm³/mol. The van der Waals surface area contributed by atoms with E-state index >= 15 is 0 Å². The molecule has 0 bridgehead atoms. The van der Waals surface area contributed by atoms with E-state index in [1.54, 1.807) is 30.3 Å². The van der Waals surface area contributed by atoms with Crippen molar-refractivity contribution in [1.82, 2.24) is 15.2 Å². The summed E-state index contributed by atoms with van der Waals surface area (Å²) in [5.74, 6) is 1.63. The van der Waals surface area contributed by atoms with Gasteiger partial charge in [0.2, 0.25) is 0 Å². The molecule has 0 atom stereocenters. The summed E-state index contributed by atoms with van der Waals surface area (Å²) in [7, 11) is 0. The molecule has 1 aromatic heterocycles. The molecule has 0 saturated carbocycles. The highest BCUT2D eigenvalue weighted by Gasteiger charge is 2.25. The van der Waals surface area contributed by atoms with Crippen LogP contribution in [0.4, 0.5) is 5.82 Å². The van der Waals surface area contributed by atoms with E-state index in [1.807, 2.05) is 4.90 Å². The van der Waals surface area contributed by atoms with E-state index in [4.69, 9.17) is 15.2 Å². The second-order valence-electron chi connectivity index (χ2n) is 7.25. The number of carbonyl (C=O) groups is 2. The van der Waals surface area contributed by atoms with Gasteiger partial charge in [-0.05, 0) is 43.0 Å². The summed E-state index contributed by atoms with van der Waals surface area (Å²) in [4.78, 5) is 31.0. The number of nitrogen functional groups attached to an aromatic ring is 1. The molecule has 8 nitrogen and oxygen atoms in total. The zero-order chi connectivity index (χ0) is 20.2. The van der Waals surface area contributed by atoms with Crippen molar-refractivity contribution in [2.24, 2.45) is 5.92 Å². The Kier molecular flexibility index (Phi) is 5.50. The van der Waals surface area contributed by atoms with Crippen LogP contribution >= 0.6 is 0 Å². The summed E-state index contributed by atoms with van der Waals surface area (Å²) in [6.45, 7) is 2.80. The van der Waals surface area contributed by atoms with Crippen molar-refractivity contribution in [1.29, 1.82) is 0 Å². The summed E-state index contributed by atoms with van der Waals surface area (Å²) < 4.78 is 11.1. The number of nitrogens with one attached hydrogen (secondary N) is 1. The third-order valence-electron chi connectivity index (χ3n) is 5.30. The van der Waals surface area contributed by atoms with Gasteiger partial charge in [0.05, 0.1) is 11.1 Å². The highest BCUT2D eigenvalue weighted by Crippen LogP contribution is 2.33. The number of nitrogens with zero attached hydrogens (tertiary/aromatic N) is 2. The van der Waals surface area contributed by atoms with Gasteiger partial charge < -0.3 is 25.4 Å². The maximum atomic E-state index is 12.6. The van der Waals surface area contributed by atoms with Gasteiger partial charge in [0, 0.05) is 25.8 Å². The van der Waals surface area contributed by atoms with Gasteiger partial charge in [0.15, 0.2) is 11.5 Å². The third kappa shape index (κ3) is 4.26. The van der Waals surface area contributed by atoms with Crippen molar-refractivity contribution < 1.29 is 19.1 Å². The van der Waals surface area contributed by atoms with Crippen LogP contribution in [0.5, 0.6) is 11.5 Å². The molecule has 0 radical (unpaired) electrons. The molecule has 2 aliphatic rings. The molecule has 4 rings (SSSR count). The van der Waals surface area contributed by atoms with Gasteiger partial charge in [-0.15, -0.1) is 0 Å². The molecule has 1 fully saturated rings. The number of pyridine rings is 1. The number of anilines is 1. The van der Waals surface area contributed by atoms with Gasteiger partial charge in [0.1, 0.15) is 19.0 Å². The number of ether oxygens (including phenoxy) is 2. The lowest BCUT2D eigenvalue weighted by Crippen LogP contribution is -2.41. The Morgan fingerprint density at radius 2 is 1.93 bits per heavy atom. The Balaban J connectivity index is 1.29. The minimum atomic E-state index is -0.168. The van der Waals surface area contributed by atoms with Crippen molar-refractivity contribution in [3.8, 4) is 11.5 Å². The van der Waals surface area contributed by atoms with E-state index in [0.29, 0.717) is 67.2 Å². The molecule has 8 heteroatoms. The van der Waals surface area contributed by atoms with Crippen LogP contribution in [0.1, 0.15) is 33.6 Å². The number of aromatic nitrogens is 1. The van der Waals surface area contributed by atoms with E-state index in [1.165, 1.54) is 6.20 Å². The number of likely N-dealkylation sites (tertiary alicyclic amines) is 1. The van der Waals surface area contributed by atoms with Crippen LogP contribution in [-0.4, -0.2) is 54.5 Å². The van der Waals surface area contributed by atoms with E-state index in [2.05, 4.69) is 10.3 Å². The maximum absolute atomic E-state index is 12.6. The molecule has 152 valence electrons. The fraction of sp³-hybridized carbons (Fsp3) is 0.381. The first-order valence-corrected chi connectivity index (χ1v) is 9.79. The highest BCUT2D eigenvalue weighted by molar-refractivity contribution is 5.98. The zero-order valence-electron chi connectivity index (χ0n) is 16.1. The molecular formula is C21H24N4O4. The number of hydrogen-bond donors (Lipinski definition) is 2. The van der Waals surface area contributed by atoms with Crippen LogP contribution in [0.15, 0.2) is 36.5 Å². The quantitative estimate of drug-likeness (QED) is 0.815. The molecule has 3 N–H and O–H groups in total. The number of benzene rings is 1. The number of para-hydroxylation sites is 1. The Morgan fingerprint density at radius 1 is 1.14 bits per heavy atom. The fourth-order valence-electron chi connectivity index (χ4n) is 3.64. The lowest BCUT2D eigenvalue weighted by atomic mass is 9.96. The van der Waals surface area contributed by atoms with Crippen molar-refractivity contribution in [2.75, 3.05) is 38.6 Å². The minimum absolute atomic E-state index is 0.0342. The topological polar surface area (TPSA) is 107 Å². The first-order valence-electron chi connectivity index (χ1n) is 9.79. The van der Waals surface area contributed by atoms with Gasteiger partial charge >= 0.3 is 0 Å². The van der Waals surface area contributed by atoms with Gasteiger partial charge in [-0.1, -0.05) is 6.07 Å². The summed E-state index contributed by atoms with van der Waals surface area (Å²) in [5.41, 5.74) is 6.61. The Morgan fingerprint density at radius 3 is 2.69 bits per heavy atom. The van der Waals surface area contributed by atoms with E-state index in [0.717, 1.165) is 12.8 Å². The fourth-order valence-corrected chi connectivity index (χ4v) is 3.64. The van der Waals surface area contributed by atoms with Crippen LogP contribution in [0.2, 0.25) is 0 Å². The number of hydrogen-bond acceptors (Lipinski definition) is 6. The molecule has 0 unspecified atom stereocenters. The van der Waals surface area contributed by atoms with E-state index in [-0.39, 0.29) is 11.8 Å². The Hall–Kier alpha value is -3.29. The second kappa shape index (κ2) is 8.38. The van der Waals surface area contributed by atoms with Crippen LogP contribution < -0.4 is 20.5 Å². The van der Waals surface area contributed by atoms with Gasteiger partial charge in [-0.2, -0.15) is 0 Å². The molecule has 1 saturated heterocycles. The third-order valence-corrected chi connectivity index (χ3v) is 5.30. The number of fused-ring (bicyclic) bond motifs is 1. The van der Waals surface area contributed by atoms with Gasteiger partial charge in [0.25, 0.3) is 11.8 Å². The summed E-state index contributed by atoms with van der Waals surface area (Å²) in [6, 6.07) is 8.66. The first kappa shape index (κ1) is 19.0. The Labute approximate surface area is 169 Å². The summed E-state index contributed by atoms with van der Waals surface area (Å²) in [6.07, 6.45) is 3.18. The molecule has 0 aliphatic carbocycles. The van der Waals surface area contributed by atoms with Crippen LogP contribution in [0.25, 0.3) is 0 Å². The molecule has 1 aromatic carbocycles. The Bertz CT molecular complexity index is 892. The van der Waals surface area contributed by atoms with Gasteiger partial charge in [-0.25, -0.2) is 4.98 Å². The number of amides is 2. The largest absolute Gasteiger partial charge is 0.486 e. The summed E-state index contributed by atoms with van der Waals surface area (Å²) >= 11 is 0. The number of carbonyl (C=O) groups excluding carboxylic acids is 2. The van der Waals surface area contributed by atoms with Crippen LogP contribution in [-0.2, 0) is 0 Å². The predicted octanol–water partition coefficient (Wildman–Crippen LogP) is 1.72. The normalized spacial score (nSPS) is 16.3. The first-order chi connectivity index (χ1) is 14.1. The SMILES string of the molecule is Nc1ccc(C(=O)N2CCC(CNC(=O)c3cccc4c3OCCO4)CC2)cn1. The van der Waals surface area contributed by atoms with Crippen molar-refractivity contribution in [2.45, 2.75) is 12.8 Å². The number of piperidine rings is 1. The summed E-state index contributed by atoms with van der Waals surface area (Å²) in [5, 5.41) is 3.00. The van der Waals surface area contributed by atoms with Crippen molar-refractivity contribution >= 4 is 17.6 Å². The highest BCUT2D eigenvalue weighted by atomic mass is 16.6. The lowest BCUT2D eigenvalue weighted by Gasteiger charge is -2.32. The maximum Gasteiger partial charge on any atom is 0.255 e. The molecular weight excluding hydrogens is 372 g/mol. The molecule has 2 aromatic rings. The monoisotopic (exact) mass is 396 g/mol. The van der Waals surface area contributed by atoms with Gasteiger partial charge in [-0.3, -0.25) is 9.59 Å². The van der Waals surface area contributed by atoms with Crippen molar-refractivity contribution in [3.05, 3.63) is 47.7 Å². The van der Waals surface area contributed by atoms with Crippen LogP contribution in [0.3, 0.4) is 0 Å². The molecule has 3 heterocycles.